The van der Waals surface area contributed by atoms with Gasteiger partial charge in [-0.1, -0.05) is 72.8 Å². The van der Waals surface area contributed by atoms with E-state index in [0.717, 1.165) is 13.0 Å². The number of hydrogen-bond donors (Lipinski definition) is 3. The van der Waals surface area contributed by atoms with Crippen molar-refractivity contribution in [3.8, 4) is 17.5 Å². The fraction of sp³-hybridized carbons (Fsp3) is 0.302. The molecule has 0 saturated heterocycles. The summed E-state index contributed by atoms with van der Waals surface area (Å²) < 4.78 is 167. The monoisotopic (exact) mass is 1080 g/mol. The van der Waals surface area contributed by atoms with Crippen molar-refractivity contribution in [2.45, 2.75) is 81.8 Å². The number of amides is 2. The summed E-state index contributed by atoms with van der Waals surface area (Å²) >= 11 is 0. The minimum absolute atomic E-state index is 0.0675. The quantitative estimate of drug-likeness (QED) is 0.0165. The minimum Gasteiger partial charge on any atom is -0.415 e. The maximum atomic E-state index is 14.5. The van der Waals surface area contributed by atoms with Crippen LogP contribution in [-0.4, -0.2) is 73.7 Å². The number of aromatic nitrogens is 4. The van der Waals surface area contributed by atoms with Gasteiger partial charge in [-0.15, -0.1) is 23.4 Å². The molecule has 5 aromatic rings. The van der Waals surface area contributed by atoms with Crippen LogP contribution >= 0.6 is 0 Å². The smallest absolute Gasteiger partial charge is 0.415 e. The van der Waals surface area contributed by atoms with E-state index in [1.807, 2.05) is 4.98 Å². The highest BCUT2D eigenvalue weighted by Crippen LogP contribution is 2.47. The summed E-state index contributed by atoms with van der Waals surface area (Å²) in [6, 6.07) is 16.9. The molecular formula is C43H39F9N8O13S. The summed E-state index contributed by atoms with van der Waals surface area (Å²) in [4.78, 5) is 62.9. The Morgan fingerprint density at radius 2 is 1.30 bits per heavy atom. The van der Waals surface area contributed by atoms with Crippen molar-refractivity contribution in [2.24, 2.45) is 0 Å². The number of nitro groups is 2. The van der Waals surface area contributed by atoms with Crippen LogP contribution in [0.1, 0.15) is 64.3 Å². The van der Waals surface area contributed by atoms with Gasteiger partial charge in [0.1, 0.15) is 0 Å². The zero-order chi connectivity index (χ0) is 55.5. The Kier molecular flexibility index (Phi) is 18.7. The molecule has 0 aliphatic carbocycles. The zero-order valence-electron chi connectivity index (χ0n) is 38.1. The lowest BCUT2D eigenvalue weighted by Crippen LogP contribution is -2.61. The molecule has 0 fully saturated rings. The first-order chi connectivity index (χ1) is 34.4. The number of carbonyl (C=O) groups is 2. The molecule has 0 spiro atoms. The van der Waals surface area contributed by atoms with Crippen LogP contribution in [0.4, 0.5) is 50.9 Å². The molecule has 31 heteroatoms. The summed E-state index contributed by atoms with van der Waals surface area (Å²) in [7, 11) is -6.26. The number of hydrogen-bond acceptors (Lipinski definition) is 16. The predicted octanol–water partition coefficient (Wildman–Crippen LogP) is 8.35. The number of pyridine rings is 2. The van der Waals surface area contributed by atoms with Crippen molar-refractivity contribution < 1.29 is 85.4 Å². The first-order valence-corrected chi connectivity index (χ1v) is 22.1. The number of H-pyrrole nitrogens is 1. The van der Waals surface area contributed by atoms with Crippen LogP contribution in [0.25, 0.3) is 11.6 Å². The number of ether oxygens (including phenoxy) is 2. The maximum absolute atomic E-state index is 14.5. The van der Waals surface area contributed by atoms with Gasteiger partial charge in [0.05, 0.1) is 23.1 Å². The molecule has 0 bridgehead atoms. The second kappa shape index (κ2) is 23.7. The normalized spacial score (nSPS) is 13.5. The predicted molar refractivity (Wildman–Crippen MR) is 236 cm³/mol. The summed E-state index contributed by atoms with van der Waals surface area (Å²) in [5.74, 6) is -6.67. The highest BCUT2D eigenvalue weighted by molar-refractivity contribution is 7.88. The molecule has 3 heterocycles. The van der Waals surface area contributed by atoms with Gasteiger partial charge in [-0.25, -0.2) is 0 Å². The van der Waals surface area contributed by atoms with Gasteiger partial charge < -0.3 is 23.1 Å². The van der Waals surface area contributed by atoms with Gasteiger partial charge in [-0.2, -0.15) is 52.9 Å². The molecule has 21 nitrogen and oxygen atoms in total. The van der Waals surface area contributed by atoms with Crippen LogP contribution in [0.15, 0.2) is 107 Å². The summed E-state index contributed by atoms with van der Waals surface area (Å²) in [6.07, 6.45) is -10.2. The Hall–Kier alpha value is -8.06. The van der Waals surface area contributed by atoms with Crippen molar-refractivity contribution >= 4 is 33.3 Å². The lowest BCUT2D eigenvalue weighted by atomic mass is 9.95. The van der Waals surface area contributed by atoms with Gasteiger partial charge in [-0.3, -0.25) is 45.5 Å². The fourth-order valence-electron chi connectivity index (χ4n) is 6.17. The van der Waals surface area contributed by atoms with Crippen LogP contribution in [0.2, 0.25) is 0 Å². The molecule has 3 aromatic heterocycles. The summed E-state index contributed by atoms with van der Waals surface area (Å²) in [6.45, 7) is 7.80. The lowest BCUT2D eigenvalue weighted by molar-refractivity contribution is -0.385. The van der Waals surface area contributed by atoms with Gasteiger partial charge in [0.2, 0.25) is 22.8 Å². The van der Waals surface area contributed by atoms with Gasteiger partial charge in [0.25, 0.3) is 34.8 Å². The van der Waals surface area contributed by atoms with Crippen LogP contribution < -0.4 is 20.6 Å². The highest BCUT2D eigenvalue weighted by Gasteiger charge is 2.62. The molecule has 2 atom stereocenters. The molecular weight excluding hydrogens is 1040 g/mol. The molecule has 398 valence electrons. The largest absolute Gasteiger partial charge is 0.534 e. The Morgan fingerprint density at radius 3 is 1.80 bits per heavy atom. The number of alkyl halides is 9. The Morgan fingerprint density at radius 1 is 0.770 bits per heavy atom. The van der Waals surface area contributed by atoms with E-state index in [-0.39, 0.29) is 18.4 Å². The van der Waals surface area contributed by atoms with Crippen molar-refractivity contribution in [3.63, 3.8) is 0 Å². The Balaban J connectivity index is 0.000000325. The van der Waals surface area contributed by atoms with E-state index in [2.05, 4.69) is 32.5 Å². The maximum Gasteiger partial charge on any atom is 0.534 e. The first-order valence-electron chi connectivity index (χ1n) is 20.7. The number of allylic oxidation sites excluding steroid dienone is 2. The molecule has 0 radical (unpaired) electrons. The van der Waals surface area contributed by atoms with Gasteiger partial charge in [0.15, 0.2) is 5.69 Å². The van der Waals surface area contributed by atoms with E-state index < -0.39 is 138 Å². The number of carbonyl (C=O) groups excluding carboxylic acids is 2. The molecule has 2 unspecified atom stereocenters. The van der Waals surface area contributed by atoms with E-state index in [9.17, 15) is 82.5 Å². The SMILES string of the molecule is C=CCCC(OCc1ccccc1)(C(=O)NNC(=O)c1[nH]c(=O)c(C)cc1[N+](=O)[O-])C(F)(F)F.C=CCCC(OCc1ccccc1)(c1nnc(-c2nc(OS(=O)(=O)C(F)(F)F)c(C)cc2[N+](=O)[O-])o1)C(F)(F)F. The van der Waals surface area contributed by atoms with Crippen molar-refractivity contribution in [2.75, 3.05) is 0 Å². The van der Waals surface area contributed by atoms with Gasteiger partial charge in [0, 0.05) is 23.3 Å². The first kappa shape index (κ1) is 58.5. The lowest BCUT2D eigenvalue weighted by Gasteiger charge is -2.34. The molecule has 2 amide bonds. The number of aromatic amines is 1. The number of halogens is 9. The topological polar surface area (TPSA) is 291 Å². The number of nitrogens with zero attached hydrogens (tertiary/aromatic N) is 5. The zero-order valence-corrected chi connectivity index (χ0v) is 38.9. The standard InChI is InChI=1S/C22H18F6N4O7S.C21H21F3N4O6/c1-3-4-10-20(21(23,24)25,37-12-14-8-6-5-7-9-14)19-31-30-18(38-19)16-15(32(33)34)11-13(2)17(29-16)39-40(35,36)22(26,27)28;1-3-4-10-20(21(22,23)24,34-12-14-8-6-5-7-9-14)19(31)27-26-18(30)16-15(28(32)33)11-13(2)17(29)25-16/h3,5-9,11H,1,4,10,12H2,2H3;3,5-9,11H,1,4,10,12H2,2H3,(H,25,29)(H,26,30)(H,27,31). The van der Waals surface area contributed by atoms with Crippen LogP contribution in [-0.2, 0) is 43.2 Å². The van der Waals surface area contributed by atoms with Crippen molar-refractivity contribution in [1.29, 1.82) is 0 Å². The van der Waals surface area contributed by atoms with E-state index in [0.29, 0.717) is 17.2 Å². The molecule has 3 N–H and O–H groups in total. The molecule has 74 heavy (non-hydrogen) atoms. The average molecular weight is 1080 g/mol. The van der Waals surface area contributed by atoms with Crippen LogP contribution in [0.5, 0.6) is 5.88 Å². The number of aryl methyl sites for hydroxylation is 2. The van der Waals surface area contributed by atoms with E-state index in [4.69, 9.17) is 13.9 Å². The molecule has 5 rings (SSSR count). The third-order valence-electron chi connectivity index (χ3n) is 10.0. The second-order valence-electron chi connectivity index (χ2n) is 15.2. The van der Waals surface area contributed by atoms with Crippen molar-refractivity contribution in [1.82, 2.24) is 31.0 Å². The number of hydrazine groups is 1. The van der Waals surface area contributed by atoms with Crippen LogP contribution in [0, 0.1) is 34.1 Å². The molecule has 0 aliphatic heterocycles. The highest BCUT2D eigenvalue weighted by atomic mass is 32.2. The molecule has 0 saturated carbocycles. The van der Waals surface area contributed by atoms with Crippen molar-refractivity contribution in [3.05, 3.63) is 163 Å². The average Bonchev–Trinajstić information content (AvgIpc) is 3.82. The Bertz CT molecular complexity index is 3030. The minimum atomic E-state index is -6.26. The molecule has 0 aliphatic rings. The third kappa shape index (κ3) is 13.7. The van der Waals surface area contributed by atoms with Gasteiger partial charge in [-0.05, 0) is 50.7 Å². The fourth-order valence-corrected chi connectivity index (χ4v) is 6.64. The number of rotatable bonds is 20. The third-order valence-corrected chi connectivity index (χ3v) is 11.0. The van der Waals surface area contributed by atoms with E-state index in [1.54, 1.807) is 47.2 Å². The van der Waals surface area contributed by atoms with E-state index >= 15 is 0 Å². The second-order valence-corrected chi connectivity index (χ2v) is 16.7. The van der Waals surface area contributed by atoms with E-state index in [1.165, 1.54) is 43.3 Å². The molecule has 2 aromatic carbocycles. The number of benzene rings is 2. The van der Waals surface area contributed by atoms with Gasteiger partial charge >= 0.3 is 33.7 Å². The summed E-state index contributed by atoms with van der Waals surface area (Å²) in [5, 5.41) is 29.5. The summed E-state index contributed by atoms with van der Waals surface area (Å²) in [5.41, 5.74) is -13.6. The van der Waals surface area contributed by atoms with Crippen LogP contribution in [0.3, 0.4) is 0 Å². The Labute approximate surface area is 410 Å². The number of nitrogens with one attached hydrogen (secondary N) is 3.